The predicted molar refractivity (Wildman–Crippen MR) is 318 cm³/mol. The summed E-state index contributed by atoms with van der Waals surface area (Å²) in [6.45, 7) is 4.37. The number of allylic oxidation sites excluding steroid dienone is 1. The molecule has 0 aromatic carbocycles. The van der Waals surface area contributed by atoms with E-state index in [9.17, 15) is 15.0 Å². The third-order valence-corrected chi connectivity index (χ3v) is 16.0. The number of aliphatic hydroxyl groups excluding tert-OH is 2. The molecule has 2 unspecified atom stereocenters. The summed E-state index contributed by atoms with van der Waals surface area (Å²) in [7, 11) is 0. The molecular formula is C67H133NO3. The Labute approximate surface area is 447 Å². The molecule has 2 atom stereocenters. The van der Waals surface area contributed by atoms with Crippen LogP contribution in [0.3, 0.4) is 0 Å². The second-order valence-corrected chi connectivity index (χ2v) is 23.3. The van der Waals surface area contributed by atoms with E-state index in [1.807, 2.05) is 6.08 Å². The third kappa shape index (κ3) is 59.9. The van der Waals surface area contributed by atoms with Gasteiger partial charge in [0.15, 0.2) is 0 Å². The smallest absolute Gasteiger partial charge is 0.220 e. The average Bonchev–Trinajstić information content (AvgIpc) is 3.37. The van der Waals surface area contributed by atoms with Crippen molar-refractivity contribution in [1.82, 2.24) is 5.32 Å². The maximum absolute atomic E-state index is 12.5. The van der Waals surface area contributed by atoms with Crippen LogP contribution in [0, 0.1) is 0 Å². The second kappa shape index (κ2) is 63.4. The summed E-state index contributed by atoms with van der Waals surface area (Å²) in [5.74, 6) is -0.0534. The van der Waals surface area contributed by atoms with Crippen molar-refractivity contribution in [3.8, 4) is 0 Å². The third-order valence-electron chi connectivity index (χ3n) is 16.0. The zero-order valence-corrected chi connectivity index (χ0v) is 49.0. The van der Waals surface area contributed by atoms with E-state index in [0.717, 1.165) is 25.7 Å². The number of nitrogens with one attached hydrogen (secondary N) is 1. The Balaban J connectivity index is 3.40. The molecule has 0 radical (unpaired) electrons. The van der Waals surface area contributed by atoms with Crippen LogP contribution in [-0.4, -0.2) is 34.9 Å². The Morgan fingerprint density at radius 1 is 0.324 bits per heavy atom. The molecule has 0 fully saturated rings. The largest absolute Gasteiger partial charge is 0.394 e. The van der Waals surface area contributed by atoms with Gasteiger partial charge in [0.2, 0.25) is 5.91 Å². The van der Waals surface area contributed by atoms with E-state index >= 15 is 0 Å². The number of unbranched alkanes of at least 4 members (excludes halogenated alkanes) is 56. The van der Waals surface area contributed by atoms with E-state index in [1.54, 1.807) is 6.08 Å². The minimum atomic E-state index is -0.837. The summed E-state index contributed by atoms with van der Waals surface area (Å²) in [5, 5.41) is 23.3. The van der Waals surface area contributed by atoms with Crippen molar-refractivity contribution in [1.29, 1.82) is 0 Å². The van der Waals surface area contributed by atoms with Gasteiger partial charge in [0.1, 0.15) is 0 Å². The van der Waals surface area contributed by atoms with Gasteiger partial charge in [-0.1, -0.05) is 379 Å². The van der Waals surface area contributed by atoms with E-state index in [1.165, 1.54) is 347 Å². The first kappa shape index (κ1) is 70.1. The van der Waals surface area contributed by atoms with Crippen molar-refractivity contribution >= 4 is 5.91 Å². The van der Waals surface area contributed by atoms with E-state index < -0.39 is 12.1 Å². The molecule has 0 rings (SSSR count). The van der Waals surface area contributed by atoms with Gasteiger partial charge < -0.3 is 15.5 Å². The molecule has 0 aromatic heterocycles. The molecule has 0 aliphatic heterocycles. The Morgan fingerprint density at radius 3 is 0.732 bits per heavy atom. The van der Waals surface area contributed by atoms with Gasteiger partial charge in [-0.3, -0.25) is 4.79 Å². The van der Waals surface area contributed by atoms with Crippen LogP contribution in [0.5, 0.6) is 0 Å². The highest BCUT2D eigenvalue weighted by Gasteiger charge is 2.18. The topological polar surface area (TPSA) is 69.6 Å². The number of carbonyl (C=O) groups excluding carboxylic acids is 1. The van der Waals surface area contributed by atoms with Crippen LogP contribution in [0.15, 0.2) is 12.2 Å². The number of aliphatic hydroxyl groups is 2. The van der Waals surface area contributed by atoms with Crippen molar-refractivity contribution in [2.75, 3.05) is 6.61 Å². The fourth-order valence-corrected chi connectivity index (χ4v) is 11.0. The van der Waals surface area contributed by atoms with Gasteiger partial charge in [0, 0.05) is 6.42 Å². The lowest BCUT2D eigenvalue weighted by atomic mass is 10.0. The molecule has 1 amide bonds. The first-order valence-corrected chi connectivity index (χ1v) is 33.4. The van der Waals surface area contributed by atoms with E-state index in [4.69, 9.17) is 0 Å². The van der Waals surface area contributed by atoms with Crippen LogP contribution in [0.25, 0.3) is 0 Å². The second-order valence-electron chi connectivity index (χ2n) is 23.3. The summed E-state index contributed by atoms with van der Waals surface area (Å²) in [5.41, 5.74) is 0. The van der Waals surface area contributed by atoms with Gasteiger partial charge in [-0.25, -0.2) is 0 Å². The highest BCUT2D eigenvalue weighted by molar-refractivity contribution is 5.76. The number of hydrogen-bond acceptors (Lipinski definition) is 3. The molecule has 0 saturated heterocycles. The Bertz CT molecular complexity index is 998. The minimum Gasteiger partial charge on any atom is -0.394 e. The van der Waals surface area contributed by atoms with Crippen LogP contribution in [-0.2, 0) is 4.79 Å². The molecule has 4 heteroatoms. The summed E-state index contributed by atoms with van der Waals surface area (Å²) in [6, 6.07) is -0.619. The number of amides is 1. The fraction of sp³-hybridized carbons (Fsp3) is 0.955. The number of hydrogen-bond donors (Lipinski definition) is 3. The van der Waals surface area contributed by atoms with E-state index in [2.05, 4.69) is 19.2 Å². The maximum Gasteiger partial charge on any atom is 0.220 e. The van der Waals surface area contributed by atoms with Crippen LogP contribution in [0.2, 0.25) is 0 Å². The molecule has 71 heavy (non-hydrogen) atoms. The summed E-state index contributed by atoms with van der Waals surface area (Å²) in [4.78, 5) is 12.5. The number of carbonyl (C=O) groups is 1. The molecule has 0 aliphatic carbocycles. The standard InChI is InChI=1S/C67H133NO3/c1-3-5-7-9-11-13-15-17-19-21-23-25-27-29-31-32-33-34-35-37-39-41-43-45-47-49-51-53-55-57-59-61-63-67(71)68-65(64-69)66(70)62-60-58-56-54-52-50-48-46-44-42-40-38-36-30-28-26-24-22-20-18-16-14-12-10-8-6-4-2/h60,62,65-66,69-70H,3-59,61,63-64H2,1-2H3,(H,68,71)/b62-60+. The quantitative estimate of drug-likeness (QED) is 0.0420. The van der Waals surface area contributed by atoms with Crippen LogP contribution in [0.1, 0.15) is 393 Å². The monoisotopic (exact) mass is 1000 g/mol. The SMILES string of the molecule is CCCCCCCCCCCCCCCCCCCCCCCCCCC/C=C/C(O)C(CO)NC(=O)CCCCCCCCCCCCCCCCCCCCCCCCCCCCCCCCCC. The van der Waals surface area contributed by atoms with Crippen molar-refractivity contribution in [3.63, 3.8) is 0 Å². The van der Waals surface area contributed by atoms with Gasteiger partial charge in [-0.15, -0.1) is 0 Å². The fourth-order valence-electron chi connectivity index (χ4n) is 11.0. The lowest BCUT2D eigenvalue weighted by Crippen LogP contribution is -2.45. The maximum atomic E-state index is 12.5. The average molecular weight is 1000 g/mol. The molecule has 0 heterocycles. The molecule has 424 valence electrons. The Kier molecular flexibility index (Phi) is 62.6. The van der Waals surface area contributed by atoms with E-state index in [-0.39, 0.29) is 12.5 Å². The highest BCUT2D eigenvalue weighted by atomic mass is 16.3. The number of rotatable bonds is 63. The normalized spacial score (nSPS) is 12.7. The van der Waals surface area contributed by atoms with Crippen molar-refractivity contribution in [2.45, 2.75) is 405 Å². The zero-order valence-electron chi connectivity index (χ0n) is 49.0. The first-order valence-electron chi connectivity index (χ1n) is 33.4. The minimum absolute atomic E-state index is 0.0534. The molecular weight excluding hydrogens is 867 g/mol. The van der Waals surface area contributed by atoms with Crippen molar-refractivity contribution in [3.05, 3.63) is 12.2 Å². The van der Waals surface area contributed by atoms with Crippen LogP contribution < -0.4 is 5.32 Å². The molecule has 0 bridgehead atoms. The van der Waals surface area contributed by atoms with Gasteiger partial charge in [-0.05, 0) is 19.3 Å². The first-order chi connectivity index (χ1) is 35.2. The van der Waals surface area contributed by atoms with Gasteiger partial charge >= 0.3 is 0 Å². The van der Waals surface area contributed by atoms with Crippen molar-refractivity contribution < 1.29 is 15.0 Å². The summed E-state index contributed by atoms with van der Waals surface area (Å²) < 4.78 is 0. The molecule has 3 N–H and O–H groups in total. The van der Waals surface area contributed by atoms with Gasteiger partial charge in [0.05, 0.1) is 18.8 Å². The summed E-state index contributed by atoms with van der Waals surface area (Å²) in [6.07, 6.45) is 84.3. The van der Waals surface area contributed by atoms with Gasteiger partial charge in [-0.2, -0.15) is 0 Å². The predicted octanol–water partition coefficient (Wildman–Crippen LogP) is 22.4. The molecule has 0 spiro atoms. The Hall–Kier alpha value is -0.870. The van der Waals surface area contributed by atoms with Crippen LogP contribution in [0.4, 0.5) is 0 Å². The van der Waals surface area contributed by atoms with Crippen LogP contribution >= 0.6 is 0 Å². The molecule has 0 saturated carbocycles. The molecule has 4 nitrogen and oxygen atoms in total. The lowest BCUT2D eigenvalue weighted by Gasteiger charge is -2.20. The summed E-state index contributed by atoms with van der Waals surface area (Å²) >= 11 is 0. The molecule has 0 aliphatic rings. The molecule has 0 aromatic rings. The van der Waals surface area contributed by atoms with Crippen molar-refractivity contribution in [2.24, 2.45) is 0 Å². The van der Waals surface area contributed by atoms with E-state index in [0.29, 0.717) is 6.42 Å². The van der Waals surface area contributed by atoms with Gasteiger partial charge in [0.25, 0.3) is 0 Å². The highest BCUT2D eigenvalue weighted by Crippen LogP contribution is 2.19. The zero-order chi connectivity index (χ0) is 51.3. The lowest BCUT2D eigenvalue weighted by molar-refractivity contribution is -0.123. The Morgan fingerprint density at radius 2 is 0.521 bits per heavy atom.